The number of sulfonamides is 1. The average molecular weight is 677 g/mol. The van der Waals surface area contributed by atoms with Crippen LogP contribution in [0, 0.1) is 12.8 Å². The molecule has 0 bridgehead atoms. The number of hydrogen-bond donors (Lipinski definition) is 1. The normalized spacial score (nSPS) is 12.0. The zero-order chi connectivity index (χ0) is 31.7. The summed E-state index contributed by atoms with van der Waals surface area (Å²) in [7, 11) is -4.15. The molecule has 44 heavy (non-hydrogen) atoms. The molecule has 1 N–H and O–H groups in total. The van der Waals surface area contributed by atoms with Gasteiger partial charge in [-0.05, 0) is 54.3 Å². The number of carbonyl (C=O) groups is 2. The van der Waals surface area contributed by atoms with Crippen LogP contribution in [0.2, 0.25) is 0 Å². The number of anilines is 1. The summed E-state index contributed by atoms with van der Waals surface area (Å²) in [5.41, 5.74) is 2.96. The number of benzene rings is 4. The van der Waals surface area contributed by atoms with Crippen LogP contribution in [0.25, 0.3) is 0 Å². The van der Waals surface area contributed by atoms with Crippen molar-refractivity contribution < 1.29 is 18.0 Å². The Labute approximate surface area is 269 Å². The highest BCUT2D eigenvalue weighted by atomic mass is 79.9. The smallest absolute Gasteiger partial charge is 0.264 e. The second-order valence-electron chi connectivity index (χ2n) is 11.2. The number of halogens is 1. The summed E-state index contributed by atoms with van der Waals surface area (Å²) in [6.07, 6.45) is 0.269. The van der Waals surface area contributed by atoms with Gasteiger partial charge in [-0.1, -0.05) is 114 Å². The monoisotopic (exact) mass is 675 g/mol. The highest BCUT2D eigenvalue weighted by Crippen LogP contribution is 2.27. The molecule has 0 aliphatic carbocycles. The van der Waals surface area contributed by atoms with Gasteiger partial charge in [-0.25, -0.2) is 8.42 Å². The largest absolute Gasteiger partial charge is 0.354 e. The molecule has 0 saturated heterocycles. The molecule has 2 amide bonds. The summed E-state index contributed by atoms with van der Waals surface area (Å²) < 4.78 is 30.0. The van der Waals surface area contributed by atoms with Gasteiger partial charge in [-0.2, -0.15) is 0 Å². The van der Waals surface area contributed by atoms with Crippen LogP contribution in [0.15, 0.2) is 119 Å². The lowest BCUT2D eigenvalue weighted by Gasteiger charge is -2.34. The standard InChI is InChI=1S/C35H38BrN3O4S/c1-26(2)23-37-35(41)33(21-28-11-6-4-7-12-28)38(24-29-13-8-5-9-14-29)34(40)25-39(31-16-10-15-30(36)22-31)44(42,43)32-19-17-27(3)18-20-32/h4-20,22,26,33H,21,23-25H2,1-3H3,(H,37,41)/t33-/m0/s1. The molecular weight excluding hydrogens is 638 g/mol. The SMILES string of the molecule is Cc1ccc(S(=O)(=O)N(CC(=O)N(Cc2ccccc2)[C@@H](Cc2ccccc2)C(=O)NCC(C)C)c2cccc(Br)c2)cc1. The van der Waals surface area contributed by atoms with Gasteiger partial charge in [0.1, 0.15) is 12.6 Å². The van der Waals surface area contributed by atoms with Gasteiger partial charge in [-0.15, -0.1) is 0 Å². The second kappa shape index (κ2) is 15.2. The van der Waals surface area contributed by atoms with E-state index in [9.17, 15) is 18.0 Å². The number of amides is 2. The first kappa shape index (κ1) is 33.0. The summed E-state index contributed by atoms with van der Waals surface area (Å²) in [5.74, 6) is -0.575. The first-order chi connectivity index (χ1) is 21.0. The van der Waals surface area contributed by atoms with Crippen LogP contribution < -0.4 is 9.62 Å². The Bertz CT molecular complexity index is 1650. The minimum atomic E-state index is -4.15. The highest BCUT2D eigenvalue weighted by Gasteiger charge is 2.34. The summed E-state index contributed by atoms with van der Waals surface area (Å²) in [6.45, 7) is 5.97. The van der Waals surface area contributed by atoms with Crippen LogP contribution in [0.3, 0.4) is 0 Å². The van der Waals surface area contributed by atoms with Crippen LogP contribution in [-0.2, 0) is 32.6 Å². The second-order valence-corrected chi connectivity index (χ2v) is 13.9. The van der Waals surface area contributed by atoms with Crippen molar-refractivity contribution in [3.8, 4) is 0 Å². The number of rotatable bonds is 13. The Morgan fingerprint density at radius 2 is 1.43 bits per heavy atom. The molecule has 4 aromatic rings. The molecule has 230 valence electrons. The fraction of sp³-hybridized carbons (Fsp3) is 0.257. The lowest BCUT2D eigenvalue weighted by Crippen LogP contribution is -2.53. The first-order valence-corrected chi connectivity index (χ1v) is 16.8. The number of aryl methyl sites for hydroxylation is 1. The van der Waals surface area contributed by atoms with Crippen molar-refractivity contribution in [2.75, 3.05) is 17.4 Å². The molecular formula is C35H38BrN3O4S. The van der Waals surface area contributed by atoms with E-state index >= 15 is 0 Å². The quantitative estimate of drug-likeness (QED) is 0.179. The van der Waals surface area contributed by atoms with E-state index in [1.54, 1.807) is 48.5 Å². The molecule has 0 saturated carbocycles. The maximum Gasteiger partial charge on any atom is 0.264 e. The predicted molar refractivity (Wildman–Crippen MR) is 179 cm³/mol. The number of nitrogens with zero attached hydrogens (tertiary/aromatic N) is 2. The van der Waals surface area contributed by atoms with E-state index in [4.69, 9.17) is 0 Å². The van der Waals surface area contributed by atoms with E-state index in [1.165, 1.54) is 4.90 Å². The number of hydrogen-bond acceptors (Lipinski definition) is 4. The third kappa shape index (κ3) is 8.80. The Kier molecular flexibility index (Phi) is 11.4. The number of carbonyl (C=O) groups excluding carboxylic acids is 2. The molecule has 0 fully saturated rings. The van der Waals surface area contributed by atoms with Crippen molar-refractivity contribution in [3.05, 3.63) is 130 Å². The van der Waals surface area contributed by atoms with Gasteiger partial charge in [0.15, 0.2) is 0 Å². The molecule has 4 rings (SSSR count). The van der Waals surface area contributed by atoms with E-state index in [0.717, 1.165) is 21.0 Å². The van der Waals surface area contributed by atoms with Crippen molar-refractivity contribution in [1.29, 1.82) is 0 Å². The van der Waals surface area contributed by atoms with Crippen molar-refractivity contribution in [1.82, 2.24) is 10.2 Å². The average Bonchev–Trinajstić information content (AvgIpc) is 3.01. The molecule has 7 nitrogen and oxygen atoms in total. The van der Waals surface area contributed by atoms with E-state index in [1.807, 2.05) is 81.4 Å². The first-order valence-electron chi connectivity index (χ1n) is 14.5. The molecule has 0 unspecified atom stereocenters. The van der Waals surface area contributed by atoms with Crippen molar-refractivity contribution in [3.63, 3.8) is 0 Å². The van der Waals surface area contributed by atoms with Crippen LogP contribution in [-0.4, -0.2) is 44.3 Å². The van der Waals surface area contributed by atoms with E-state index < -0.39 is 28.5 Å². The fourth-order valence-corrected chi connectivity index (χ4v) is 6.55. The topological polar surface area (TPSA) is 86.8 Å². The zero-order valence-corrected chi connectivity index (χ0v) is 27.6. The minimum absolute atomic E-state index is 0.0704. The van der Waals surface area contributed by atoms with Gasteiger partial charge in [0, 0.05) is 24.0 Å². The molecule has 4 aromatic carbocycles. The van der Waals surface area contributed by atoms with Gasteiger partial charge in [0.25, 0.3) is 10.0 Å². The molecule has 1 atom stereocenters. The summed E-state index contributed by atoms with van der Waals surface area (Å²) in [6, 6.07) is 31.4. The van der Waals surface area contributed by atoms with Crippen molar-refractivity contribution in [2.24, 2.45) is 5.92 Å². The summed E-state index contributed by atoms with van der Waals surface area (Å²) in [5, 5.41) is 3.01. The molecule has 0 aliphatic heterocycles. The molecule has 0 radical (unpaired) electrons. The van der Waals surface area contributed by atoms with Crippen LogP contribution in [0.1, 0.15) is 30.5 Å². The maximum atomic E-state index is 14.5. The summed E-state index contributed by atoms with van der Waals surface area (Å²) >= 11 is 3.44. The van der Waals surface area contributed by atoms with Gasteiger partial charge in [-0.3, -0.25) is 13.9 Å². The highest BCUT2D eigenvalue weighted by molar-refractivity contribution is 9.10. The van der Waals surface area contributed by atoms with Gasteiger partial charge in [0.05, 0.1) is 10.6 Å². The van der Waals surface area contributed by atoms with E-state index in [-0.39, 0.29) is 29.7 Å². The molecule has 0 heterocycles. The third-order valence-electron chi connectivity index (χ3n) is 7.14. The van der Waals surface area contributed by atoms with Gasteiger partial charge < -0.3 is 10.2 Å². The van der Waals surface area contributed by atoms with Crippen molar-refractivity contribution >= 4 is 43.5 Å². The molecule has 0 aromatic heterocycles. The third-order valence-corrected chi connectivity index (χ3v) is 9.42. The Morgan fingerprint density at radius 1 is 0.818 bits per heavy atom. The minimum Gasteiger partial charge on any atom is -0.354 e. The van der Waals surface area contributed by atoms with Crippen LogP contribution in [0.5, 0.6) is 0 Å². The van der Waals surface area contributed by atoms with Gasteiger partial charge >= 0.3 is 0 Å². The molecule has 0 spiro atoms. The lowest BCUT2D eigenvalue weighted by atomic mass is 10.0. The zero-order valence-electron chi connectivity index (χ0n) is 25.2. The van der Waals surface area contributed by atoms with Crippen LogP contribution >= 0.6 is 15.9 Å². The Morgan fingerprint density at radius 3 is 2.02 bits per heavy atom. The maximum absolute atomic E-state index is 14.5. The summed E-state index contributed by atoms with van der Waals surface area (Å²) in [4.78, 5) is 29.8. The van der Waals surface area contributed by atoms with Crippen LogP contribution in [0.4, 0.5) is 5.69 Å². The van der Waals surface area contributed by atoms with E-state index in [0.29, 0.717) is 16.7 Å². The fourth-order valence-electron chi connectivity index (χ4n) is 4.75. The Balaban J connectivity index is 1.78. The lowest BCUT2D eigenvalue weighted by molar-refractivity contribution is -0.140. The predicted octanol–water partition coefficient (Wildman–Crippen LogP) is 6.37. The van der Waals surface area contributed by atoms with Crippen molar-refractivity contribution in [2.45, 2.75) is 44.7 Å². The number of nitrogens with one attached hydrogen (secondary N) is 1. The Hall–Kier alpha value is -3.95. The van der Waals surface area contributed by atoms with E-state index in [2.05, 4.69) is 21.2 Å². The van der Waals surface area contributed by atoms with Gasteiger partial charge in [0.2, 0.25) is 11.8 Å². The molecule has 0 aliphatic rings. The molecule has 9 heteroatoms.